The number of aromatic nitrogens is 2. The summed E-state index contributed by atoms with van der Waals surface area (Å²) in [4.78, 5) is 0. The van der Waals surface area contributed by atoms with Crippen molar-refractivity contribution in [3.8, 4) is 16.9 Å². The Balaban J connectivity index is 0.00000121. The molecule has 1 heterocycles. The highest BCUT2D eigenvalue weighted by atomic mass is 35.5. The van der Waals surface area contributed by atoms with E-state index in [0.29, 0.717) is 0 Å². The number of nitrogens with two attached hydrogens (primary N) is 1. The number of aromatic hydroxyl groups is 1. The lowest BCUT2D eigenvalue weighted by Crippen LogP contribution is -2.28. The Hall–Kier alpha value is -1.75. The van der Waals surface area contributed by atoms with Crippen molar-refractivity contribution in [2.45, 2.75) is 19.4 Å². The SMILES string of the molecule is CC(C)(N)c1ccc(-c2ccc3[nH]ncc3c2O)cc1.Cl.Cl. The Morgan fingerprint density at radius 3 is 2.27 bits per heavy atom. The molecule has 0 saturated heterocycles. The monoisotopic (exact) mass is 339 g/mol. The van der Waals surface area contributed by atoms with Gasteiger partial charge in [-0.25, -0.2) is 0 Å². The third kappa shape index (κ3) is 3.19. The second-order valence-electron chi connectivity index (χ2n) is 5.59. The summed E-state index contributed by atoms with van der Waals surface area (Å²) in [6, 6.07) is 11.7. The molecule has 0 atom stereocenters. The third-order valence-electron chi connectivity index (χ3n) is 3.54. The molecule has 3 rings (SSSR count). The fourth-order valence-corrected chi connectivity index (χ4v) is 2.31. The van der Waals surface area contributed by atoms with Gasteiger partial charge >= 0.3 is 0 Å². The summed E-state index contributed by atoms with van der Waals surface area (Å²) >= 11 is 0. The molecule has 1 aromatic heterocycles. The van der Waals surface area contributed by atoms with E-state index in [9.17, 15) is 5.11 Å². The lowest BCUT2D eigenvalue weighted by Gasteiger charge is -2.19. The zero-order valence-electron chi connectivity index (χ0n) is 12.3. The van der Waals surface area contributed by atoms with Gasteiger partial charge in [0, 0.05) is 11.1 Å². The highest BCUT2D eigenvalue weighted by Gasteiger charge is 2.15. The van der Waals surface area contributed by atoms with E-state index in [2.05, 4.69) is 10.2 Å². The van der Waals surface area contributed by atoms with Crippen molar-refractivity contribution in [1.82, 2.24) is 10.2 Å². The van der Waals surface area contributed by atoms with Crippen LogP contribution >= 0.6 is 24.8 Å². The summed E-state index contributed by atoms with van der Waals surface area (Å²) in [5.41, 5.74) is 9.34. The molecule has 4 nitrogen and oxygen atoms in total. The van der Waals surface area contributed by atoms with Gasteiger partial charge in [0.05, 0.1) is 17.1 Å². The Kier molecular flexibility index (Phi) is 5.46. The van der Waals surface area contributed by atoms with Gasteiger partial charge in [-0.15, -0.1) is 24.8 Å². The Bertz CT molecular complexity index is 761. The van der Waals surface area contributed by atoms with Crippen molar-refractivity contribution in [2.75, 3.05) is 0 Å². The average Bonchev–Trinajstić information content (AvgIpc) is 2.88. The van der Waals surface area contributed by atoms with Crippen LogP contribution in [0, 0.1) is 0 Å². The van der Waals surface area contributed by atoms with Gasteiger partial charge in [0.25, 0.3) is 0 Å². The molecule has 118 valence electrons. The molecule has 0 saturated carbocycles. The zero-order valence-corrected chi connectivity index (χ0v) is 14.0. The van der Waals surface area contributed by atoms with Crippen molar-refractivity contribution < 1.29 is 5.11 Å². The van der Waals surface area contributed by atoms with Gasteiger partial charge in [-0.3, -0.25) is 5.10 Å². The fraction of sp³-hybridized carbons (Fsp3) is 0.188. The Morgan fingerprint density at radius 1 is 1.05 bits per heavy atom. The smallest absolute Gasteiger partial charge is 0.134 e. The minimum absolute atomic E-state index is 0. The summed E-state index contributed by atoms with van der Waals surface area (Å²) in [5, 5.41) is 17.8. The number of hydrogen-bond donors (Lipinski definition) is 3. The number of phenols is 1. The van der Waals surface area contributed by atoms with Crippen LogP contribution in [0.1, 0.15) is 19.4 Å². The van der Waals surface area contributed by atoms with Crippen molar-refractivity contribution in [2.24, 2.45) is 5.73 Å². The van der Waals surface area contributed by atoms with Crippen LogP contribution in [0.15, 0.2) is 42.6 Å². The Morgan fingerprint density at radius 2 is 1.68 bits per heavy atom. The van der Waals surface area contributed by atoms with Crippen LogP contribution in [0.25, 0.3) is 22.0 Å². The zero-order chi connectivity index (χ0) is 14.3. The van der Waals surface area contributed by atoms with Crippen molar-refractivity contribution in [3.63, 3.8) is 0 Å². The molecule has 0 unspecified atom stereocenters. The number of H-pyrrole nitrogens is 1. The van der Waals surface area contributed by atoms with Crippen LogP contribution < -0.4 is 5.73 Å². The first kappa shape index (κ1) is 18.3. The summed E-state index contributed by atoms with van der Waals surface area (Å²) in [5.74, 6) is 0.246. The maximum absolute atomic E-state index is 10.3. The molecule has 0 aliphatic rings. The number of fused-ring (bicyclic) bond motifs is 1. The highest BCUT2D eigenvalue weighted by molar-refractivity contribution is 5.92. The number of hydrogen-bond acceptors (Lipinski definition) is 3. The molecule has 4 N–H and O–H groups in total. The van der Waals surface area contributed by atoms with Crippen LogP contribution in [0.2, 0.25) is 0 Å². The first-order valence-electron chi connectivity index (χ1n) is 6.51. The van der Waals surface area contributed by atoms with Gasteiger partial charge in [0.1, 0.15) is 5.75 Å². The van der Waals surface area contributed by atoms with E-state index < -0.39 is 0 Å². The molecular weight excluding hydrogens is 321 g/mol. The highest BCUT2D eigenvalue weighted by Crippen LogP contribution is 2.35. The number of nitrogens with one attached hydrogen (secondary N) is 1. The molecular formula is C16H19Cl2N3O. The standard InChI is InChI=1S/C16H17N3O.2ClH/c1-16(2,17)11-5-3-10(4-6-11)12-7-8-14-13(15(12)20)9-18-19-14;;/h3-9,20H,17H2,1-2H3,(H,18,19);2*1H. The molecule has 22 heavy (non-hydrogen) atoms. The Labute approximate surface area is 141 Å². The first-order chi connectivity index (χ1) is 9.47. The molecule has 0 amide bonds. The molecule has 3 aromatic rings. The fourth-order valence-electron chi connectivity index (χ4n) is 2.31. The normalized spacial score (nSPS) is 10.9. The van der Waals surface area contributed by atoms with E-state index in [1.165, 1.54) is 0 Å². The van der Waals surface area contributed by atoms with Crippen molar-refractivity contribution in [3.05, 3.63) is 48.2 Å². The lowest BCUT2D eigenvalue weighted by atomic mass is 9.93. The minimum atomic E-state index is -0.366. The second-order valence-corrected chi connectivity index (χ2v) is 5.59. The van der Waals surface area contributed by atoms with Gasteiger partial charge in [-0.2, -0.15) is 5.10 Å². The molecule has 6 heteroatoms. The van der Waals surface area contributed by atoms with Gasteiger partial charge in [0.15, 0.2) is 0 Å². The molecule has 0 radical (unpaired) electrons. The molecule has 0 fully saturated rings. The van der Waals surface area contributed by atoms with Crippen LogP contribution in [-0.4, -0.2) is 15.3 Å². The van der Waals surface area contributed by atoms with E-state index in [1.54, 1.807) is 6.20 Å². The molecule has 2 aromatic carbocycles. The minimum Gasteiger partial charge on any atom is -0.507 e. The summed E-state index contributed by atoms with van der Waals surface area (Å²) < 4.78 is 0. The molecule has 0 bridgehead atoms. The van der Waals surface area contributed by atoms with Gasteiger partial charge in [-0.1, -0.05) is 24.3 Å². The molecule has 0 aliphatic heterocycles. The van der Waals surface area contributed by atoms with E-state index in [4.69, 9.17) is 5.73 Å². The van der Waals surface area contributed by atoms with E-state index in [0.717, 1.165) is 27.6 Å². The van der Waals surface area contributed by atoms with Crippen LogP contribution in [0.4, 0.5) is 0 Å². The maximum Gasteiger partial charge on any atom is 0.134 e. The van der Waals surface area contributed by atoms with E-state index in [-0.39, 0.29) is 36.1 Å². The van der Waals surface area contributed by atoms with Crippen molar-refractivity contribution >= 4 is 35.7 Å². The third-order valence-corrected chi connectivity index (χ3v) is 3.54. The predicted molar refractivity (Wildman–Crippen MR) is 94.9 cm³/mol. The number of aromatic amines is 1. The van der Waals surface area contributed by atoms with E-state index in [1.807, 2.05) is 50.2 Å². The quantitative estimate of drug-likeness (QED) is 0.661. The number of benzene rings is 2. The number of halogens is 2. The van der Waals surface area contributed by atoms with Crippen molar-refractivity contribution in [1.29, 1.82) is 0 Å². The number of nitrogens with zero attached hydrogens (tertiary/aromatic N) is 1. The summed E-state index contributed by atoms with van der Waals surface area (Å²) in [6.07, 6.45) is 1.63. The molecule has 0 aliphatic carbocycles. The van der Waals surface area contributed by atoms with Gasteiger partial charge < -0.3 is 10.8 Å². The number of phenolic OH excluding ortho intramolecular Hbond substituents is 1. The average molecular weight is 340 g/mol. The first-order valence-corrected chi connectivity index (χ1v) is 6.51. The second kappa shape index (κ2) is 6.57. The van der Waals surface area contributed by atoms with Crippen LogP contribution in [-0.2, 0) is 5.54 Å². The maximum atomic E-state index is 10.3. The topological polar surface area (TPSA) is 74.9 Å². The summed E-state index contributed by atoms with van der Waals surface area (Å²) in [7, 11) is 0. The van der Waals surface area contributed by atoms with Crippen LogP contribution in [0.3, 0.4) is 0 Å². The predicted octanol–water partition coefficient (Wildman–Crippen LogP) is 3.97. The largest absolute Gasteiger partial charge is 0.507 e. The lowest BCUT2D eigenvalue weighted by molar-refractivity contribution is 0.483. The molecule has 0 spiro atoms. The van der Waals surface area contributed by atoms with Gasteiger partial charge in [-0.05, 0) is 37.1 Å². The number of rotatable bonds is 2. The summed E-state index contributed by atoms with van der Waals surface area (Å²) in [6.45, 7) is 3.94. The van der Waals surface area contributed by atoms with E-state index >= 15 is 0 Å². The van der Waals surface area contributed by atoms with Crippen LogP contribution in [0.5, 0.6) is 5.75 Å². The van der Waals surface area contributed by atoms with Gasteiger partial charge in [0.2, 0.25) is 0 Å².